The van der Waals surface area contributed by atoms with E-state index in [-0.39, 0.29) is 10.8 Å². The first-order chi connectivity index (χ1) is 9.81. The molecule has 21 heavy (non-hydrogen) atoms. The number of rotatable bonds is 4. The lowest BCUT2D eigenvalue weighted by Crippen LogP contribution is -2.17. The van der Waals surface area contributed by atoms with Crippen molar-refractivity contribution in [2.45, 2.75) is 4.90 Å². The predicted octanol–water partition coefficient (Wildman–Crippen LogP) is 2.37. The van der Waals surface area contributed by atoms with Gasteiger partial charge in [0.1, 0.15) is 10.7 Å². The van der Waals surface area contributed by atoms with Crippen LogP contribution in [0, 0.1) is 5.82 Å². The number of pyridine rings is 1. The lowest BCUT2D eigenvalue weighted by Gasteiger charge is -2.10. The van der Waals surface area contributed by atoms with E-state index in [1.54, 1.807) is 6.07 Å². The van der Waals surface area contributed by atoms with Gasteiger partial charge in [0.2, 0.25) is 0 Å². The van der Waals surface area contributed by atoms with Crippen molar-refractivity contribution in [2.24, 2.45) is 0 Å². The van der Waals surface area contributed by atoms with Crippen LogP contribution in [0.15, 0.2) is 41.4 Å². The van der Waals surface area contributed by atoms with Gasteiger partial charge in [0.05, 0.1) is 5.56 Å². The van der Waals surface area contributed by atoms with Crippen molar-refractivity contribution in [3.8, 4) is 0 Å². The third kappa shape index (κ3) is 3.29. The van der Waals surface area contributed by atoms with Gasteiger partial charge in [-0.05, 0) is 24.3 Å². The number of nitrogens with zero attached hydrogens (tertiary/aromatic N) is 1. The van der Waals surface area contributed by atoms with Gasteiger partial charge in [0.25, 0.3) is 10.0 Å². The summed E-state index contributed by atoms with van der Waals surface area (Å²) in [5.74, 6) is -3.05. The van der Waals surface area contributed by atoms with Crippen LogP contribution in [0.1, 0.15) is 10.4 Å². The van der Waals surface area contributed by atoms with Gasteiger partial charge in [0, 0.05) is 11.2 Å². The Hall–Kier alpha value is -2.19. The van der Waals surface area contributed by atoms with E-state index in [9.17, 15) is 17.6 Å². The zero-order valence-electron chi connectivity index (χ0n) is 10.2. The molecule has 110 valence electrons. The van der Waals surface area contributed by atoms with Crippen LogP contribution in [-0.2, 0) is 10.0 Å². The lowest BCUT2D eigenvalue weighted by atomic mass is 10.2. The van der Waals surface area contributed by atoms with Crippen LogP contribution in [0.25, 0.3) is 0 Å². The minimum absolute atomic E-state index is 0.0336. The molecule has 0 aliphatic carbocycles. The molecule has 0 aliphatic heterocycles. The van der Waals surface area contributed by atoms with Crippen molar-refractivity contribution in [1.82, 2.24) is 4.98 Å². The third-order valence-corrected chi connectivity index (χ3v) is 4.00. The van der Waals surface area contributed by atoms with Gasteiger partial charge in [0.15, 0.2) is 5.82 Å². The standard InChI is InChI=1S/C12H8ClFN2O4S/c13-7-5-8(12(17)18)11(14)9(6-7)21(19,20)16-10-3-1-2-4-15-10/h1-6H,(H,15,16)(H,17,18). The van der Waals surface area contributed by atoms with Crippen molar-refractivity contribution in [1.29, 1.82) is 0 Å². The van der Waals surface area contributed by atoms with E-state index in [0.717, 1.165) is 12.1 Å². The van der Waals surface area contributed by atoms with Crippen LogP contribution >= 0.6 is 11.6 Å². The zero-order chi connectivity index (χ0) is 15.6. The summed E-state index contributed by atoms with van der Waals surface area (Å²) in [6.45, 7) is 0. The van der Waals surface area contributed by atoms with Crippen molar-refractivity contribution >= 4 is 33.4 Å². The summed E-state index contributed by atoms with van der Waals surface area (Å²) < 4.78 is 40.3. The SMILES string of the molecule is O=C(O)c1cc(Cl)cc(S(=O)(=O)Nc2ccccn2)c1F. The Bertz CT molecular complexity index is 796. The summed E-state index contributed by atoms with van der Waals surface area (Å²) in [5, 5.41) is 8.63. The van der Waals surface area contributed by atoms with Crippen LogP contribution < -0.4 is 4.72 Å². The summed E-state index contributed by atoms with van der Waals surface area (Å²) >= 11 is 5.64. The third-order valence-electron chi connectivity index (χ3n) is 2.43. The predicted molar refractivity (Wildman–Crippen MR) is 73.4 cm³/mol. The van der Waals surface area contributed by atoms with Gasteiger partial charge in [-0.3, -0.25) is 4.72 Å². The molecule has 1 aromatic heterocycles. The molecule has 1 aromatic carbocycles. The van der Waals surface area contributed by atoms with Crippen LogP contribution in [-0.4, -0.2) is 24.5 Å². The number of carboxylic acid groups (broad SMARTS) is 1. The van der Waals surface area contributed by atoms with E-state index in [1.807, 2.05) is 4.72 Å². The summed E-state index contributed by atoms with van der Waals surface area (Å²) in [7, 11) is -4.36. The molecule has 0 radical (unpaired) electrons. The molecule has 0 saturated carbocycles. The first-order valence-electron chi connectivity index (χ1n) is 5.47. The lowest BCUT2D eigenvalue weighted by molar-refractivity contribution is 0.0691. The highest BCUT2D eigenvalue weighted by Gasteiger charge is 2.25. The summed E-state index contributed by atoms with van der Waals surface area (Å²) in [6, 6.07) is 6.12. The largest absolute Gasteiger partial charge is 0.478 e. The molecule has 2 aromatic rings. The Balaban J connectivity index is 2.53. The number of nitrogens with one attached hydrogen (secondary N) is 1. The van der Waals surface area contributed by atoms with Crippen molar-refractivity contribution in [2.75, 3.05) is 4.72 Å². The maximum absolute atomic E-state index is 14.0. The second-order valence-corrected chi connectivity index (χ2v) is 5.98. The van der Waals surface area contributed by atoms with Crippen molar-refractivity contribution in [3.05, 3.63) is 52.9 Å². The number of halogens is 2. The molecule has 6 nitrogen and oxygen atoms in total. The minimum Gasteiger partial charge on any atom is -0.478 e. The second kappa shape index (κ2) is 5.66. The van der Waals surface area contributed by atoms with Gasteiger partial charge in [-0.2, -0.15) is 0 Å². The summed E-state index contributed by atoms with van der Waals surface area (Å²) in [5.41, 5.74) is -0.830. The molecule has 0 fully saturated rings. The normalized spacial score (nSPS) is 11.1. The van der Waals surface area contributed by atoms with Gasteiger partial charge in [-0.1, -0.05) is 17.7 Å². The molecule has 2 N–H and O–H groups in total. The Morgan fingerprint density at radius 3 is 2.62 bits per heavy atom. The second-order valence-electron chi connectivity index (χ2n) is 3.89. The maximum atomic E-state index is 14.0. The quantitative estimate of drug-likeness (QED) is 0.897. The molecular formula is C12H8ClFN2O4S. The number of hydrogen-bond donors (Lipinski definition) is 2. The van der Waals surface area contributed by atoms with Crippen molar-refractivity contribution < 1.29 is 22.7 Å². The number of carboxylic acids is 1. The molecule has 0 aliphatic rings. The molecule has 9 heteroatoms. The Kier molecular flexibility index (Phi) is 4.10. The summed E-state index contributed by atoms with van der Waals surface area (Å²) in [6.07, 6.45) is 1.34. The molecule has 0 spiro atoms. The number of benzene rings is 1. The molecule has 0 amide bonds. The number of aromatic nitrogens is 1. The maximum Gasteiger partial charge on any atom is 0.338 e. The first-order valence-corrected chi connectivity index (χ1v) is 7.33. The molecular weight excluding hydrogens is 323 g/mol. The summed E-state index contributed by atoms with van der Waals surface area (Å²) in [4.78, 5) is 13.8. The van der Waals surface area contributed by atoms with E-state index in [0.29, 0.717) is 0 Å². The van der Waals surface area contributed by atoms with E-state index < -0.39 is 32.3 Å². The van der Waals surface area contributed by atoms with Gasteiger partial charge >= 0.3 is 5.97 Å². The van der Waals surface area contributed by atoms with E-state index in [1.165, 1.54) is 18.3 Å². The van der Waals surface area contributed by atoms with E-state index in [2.05, 4.69) is 4.98 Å². The fourth-order valence-corrected chi connectivity index (χ4v) is 2.95. The van der Waals surface area contributed by atoms with Crippen molar-refractivity contribution in [3.63, 3.8) is 0 Å². The first kappa shape index (κ1) is 15.2. The molecule has 0 bridgehead atoms. The van der Waals surface area contributed by atoms with E-state index in [4.69, 9.17) is 16.7 Å². The molecule has 0 unspecified atom stereocenters. The van der Waals surface area contributed by atoms with Gasteiger partial charge in [-0.15, -0.1) is 0 Å². The minimum atomic E-state index is -4.36. The van der Waals surface area contributed by atoms with Crippen LogP contribution in [0.4, 0.5) is 10.2 Å². The average Bonchev–Trinajstić information content (AvgIpc) is 2.41. The molecule has 2 rings (SSSR count). The highest BCUT2D eigenvalue weighted by Crippen LogP contribution is 2.25. The van der Waals surface area contributed by atoms with Gasteiger partial charge < -0.3 is 5.11 Å². The Morgan fingerprint density at radius 2 is 2.05 bits per heavy atom. The number of hydrogen-bond acceptors (Lipinski definition) is 4. The van der Waals surface area contributed by atoms with Crippen LogP contribution in [0.5, 0.6) is 0 Å². The smallest absolute Gasteiger partial charge is 0.338 e. The fraction of sp³-hybridized carbons (Fsp3) is 0. The number of aromatic carboxylic acids is 1. The topological polar surface area (TPSA) is 96.4 Å². The monoisotopic (exact) mass is 330 g/mol. The Morgan fingerprint density at radius 1 is 1.33 bits per heavy atom. The highest BCUT2D eigenvalue weighted by atomic mass is 35.5. The van der Waals surface area contributed by atoms with Gasteiger partial charge in [-0.25, -0.2) is 22.6 Å². The number of anilines is 1. The fourth-order valence-electron chi connectivity index (χ4n) is 1.53. The molecule has 0 saturated heterocycles. The molecule has 0 atom stereocenters. The molecule has 1 heterocycles. The Labute approximate surface area is 124 Å². The highest BCUT2D eigenvalue weighted by molar-refractivity contribution is 7.92. The zero-order valence-corrected chi connectivity index (χ0v) is 11.8. The number of sulfonamides is 1. The average molecular weight is 331 g/mol. The van der Waals surface area contributed by atoms with Crippen LogP contribution in [0.2, 0.25) is 5.02 Å². The number of carbonyl (C=O) groups is 1. The van der Waals surface area contributed by atoms with E-state index >= 15 is 0 Å². The van der Waals surface area contributed by atoms with Crippen LogP contribution in [0.3, 0.4) is 0 Å².